The Labute approximate surface area is 189 Å². The standard InChI is InChI=1S/C23H18Cl2N2O4/c1-29-21-7-6-16(20(28)9-17-18(24)11-27-12-19(17)25)22(23(21)30-2)31-13-15-5-3-4-14(8-15)10-26/h3-8,11-12H,9,13H2,1-2H3. The molecule has 0 aliphatic carbocycles. The number of hydrogen-bond acceptors (Lipinski definition) is 6. The van der Waals surface area contributed by atoms with E-state index in [0.717, 1.165) is 5.56 Å². The van der Waals surface area contributed by atoms with E-state index in [-0.39, 0.29) is 35.9 Å². The molecule has 0 saturated carbocycles. The second-order valence-electron chi connectivity index (χ2n) is 6.46. The fraction of sp³-hybridized carbons (Fsp3) is 0.174. The zero-order valence-corrected chi connectivity index (χ0v) is 18.3. The van der Waals surface area contributed by atoms with E-state index in [9.17, 15) is 4.79 Å². The number of carbonyl (C=O) groups is 1. The molecule has 31 heavy (non-hydrogen) atoms. The number of nitriles is 1. The number of carbonyl (C=O) groups excluding carboxylic acids is 1. The van der Waals surface area contributed by atoms with Gasteiger partial charge in [-0.1, -0.05) is 35.3 Å². The van der Waals surface area contributed by atoms with E-state index < -0.39 is 0 Å². The lowest BCUT2D eigenvalue weighted by molar-refractivity contribution is 0.0987. The van der Waals surface area contributed by atoms with E-state index in [1.165, 1.54) is 26.6 Å². The molecule has 1 aromatic heterocycles. The van der Waals surface area contributed by atoms with Crippen molar-refractivity contribution in [3.63, 3.8) is 0 Å². The predicted octanol–water partition coefficient (Wildman–Crippen LogP) is 5.28. The Balaban J connectivity index is 1.97. The van der Waals surface area contributed by atoms with Gasteiger partial charge in [0.15, 0.2) is 17.3 Å². The van der Waals surface area contributed by atoms with Crippen LogP contribution in [-0.4, -0.2) is 25.0 Å². The van der Waals surface area contributed by atoms with Crippen molar-refractivity contribution in [3.8, 4) is 23.3 Å². The molecule has 0 radical (unpaired) electrons. The highest BCUT2D eigenvalue weighted by atomic mass is 35.5. The summed E-state index contributed by atoms with van der Waals surface area (Å²) in [6.07, 6.45) is 2.82. The summed E-state index contributed by atoms with van der Waals surface area (Å²) < 4.78 is 16.8. The van der Waals surface area contributed by atoms with Crippen molar-refractivity contribution in [2.45, 2.75) is 13.0 Å². The Kier molecular flexibility index (Phi) is 7.35. The smallest absolute Gasteiger partial charge is 0.204 e. The zero-order valence-electron chi connectivity index (χ0n) is 16.8. The van der Waals surface area contributed by atoms with Crippen LogP contribution in [0.3, 0.4) is 0 Å². The average Bonchev–Trinajstić information content (AvgIpc) is 2.79. The second-order valence-corrected chi connectivity index (χ2v) is 7.27. The normalized spacial score (nSPS) is 10.3. The number of ketones is 1. The number of nitrogens with zero attached hydrogens (tertiary/aromatic N) is 2. The van der Waals surface area contributed by atoms with Gasteiger partial charge in [0, 0.05) is 24.4 Å². The van der Waals surface area contributed by atoms with Gasteiger partial charge in [0.25, 0.3) is 0 Å². The van der Waals surface area contributed by atoms with Gasteiger partial charge in [0.1, 0.15) is 6.61 Å². The highest BCUT2D eigenvalue weighted by molar-refractivity contribution is 6.36. The summed E-state index contributed by atoms with van der Waals surface area (Å²) in [6.45, 7) is 0.121. The van der Waals surface area contributed by atoms with E-state index >= 15 is 0 Å². The third-order valence-electron chi connectivity index (χ3n) is 4.53. The molecular formula is C23H18Cl2N2O4. The van der Waals surface area contributed by atoms with Gasteiger partial charge in [-0.05, 0) is 29.8 Å². The number of rotatable bonds is 8. The van der Waals surface area contributed by atoms with Crippen LogP contribution in [0.25, 0.3) is 0 Å². The summed E-state index contributed by atoms with van der Waals surface area (Å²) >= 11 is 12.4. The first-order valence-corrected chi connectivity index (χ1v) is 9.92. The lowest BCUT2D eigenvalue weighted by Crippen LogP contribution is -2.10. The monoisotopic (exact) mass is 456 g/mol. The first-order valence-electron chi connectivity index (χ1n) is 9.16. The lowest BCUT2D eigenvalue weighted by atomic mass is 10.0. The molecule has 158 valence electrons. The molecule has 0 aliphatic heterocycles. The zero-order chi connectivity index (χ0) is 22.4. The van der Waals surface area contributed by atoms with Gasteiger partial charge < -0.3 is 14.2 Å². The van der Waals surface area contributed by atoms with Crippen LogP contribution in [0.2, 0.25) is 10.0 Å². The highest BCUT2D eigenvalue weighted by Crippen LogP contribution is 2.41. The molecule has 3 aromatic rings. The maximum absolute atomic E-state index is 13.2. The van der Waals surface area contributed by atoms with Crippen molar-refractivity contribution in [3.05, 3.63) is 81.1 Å². The van der Waals surface area contributed by atoms with Gasteiger partial charge in [0.2, 0.25) is 5.75 Å². The molecule has 0 N–H and O–H groups in total. The molecule has 0 amide bonds. The molecule has 1 heterocycles. The summed E-state index contributed by atoms with van der Waals surface area (Å²) in [7, 11) is 2.96. The average molecular weight is 457 g/mol. The van der Waals surface area contributed by atoms with Crippen LogP contribution in [-0.2, 0) is 13.0 Å². The Morgan fingerprint density at radius 2 is 1.81 bits per heavy atom. The molecule has 2 aromatic carbocycles. The number of hydrogen-bond donors (Lipinski definition) is 0. The van der Waals surface area contributed by atoms with E-state index in [1.54, 1.807) is 30.3 Å². The van der Waals surface area contributed by atoms with Crippen molar-refractivity contribution in [1.29, 1.82) is 5.26 Å². The summed E-state index contributed by atoms with van der Waals surface area (Å²) in [5.41, 5.74) is 2.04. The molecule has 0 fully saturated rings. The summed E-state index contributed by atoms with van der Waals surface area (Å²) in [4.78, 5) is 17.1. The van der Waals surface area contributed by atoms with Crippen LogP contribution in [0.15, 0.2) is 48.8 Å². The fourth-order valence-corrected chi connectivity index (χ4v) is 3.51. The molecule has 8 heteroatoms. The van der Waals surface area contributed by atoms with Gasteiger partial charge in [-0.15, -0.1) is 0 Å². The van der Waals surface area contributed by atoms with Crippen LogP contribution in [0.4, 0.5) is 0 Å². The van der Waals surface area contributed by atoms with Gasteiger partial charge >= 0.3 is 0 Å². The number of halogens is 2. The van der Waals surface area contributed by atoms with Crippen LogP contribution in [0, 0.1) is 11.3 Å². The van der Waals surface area contributed by atoms with Gasteiger partial charge in [0.05, 0.1) is 41.5 Å². The van der Waals surface area contributed by atoms with Crippen molar-refractivity contribution in [1.82, 2.24) is 4.98 Å². The van der Waals surface area contributed by atoms with Crippen LogP contribution < -0.4 is 14.2 Å². The topological polar surface area (TPSA) is 81.4 Å². The Morgan fingerprint density at radius 3 is 2.45 bits per heavy atom. The Hall–Kier alpha value is -3.27. The molecular weight excluding hydrogens is 439 g/mol. The number of pyridine rings is 1. The van der Waals surface area contributed by atoms with Crippen molar-refractivity contribution in [2.75, 3.05) is 14.2 Å². The minimum atomic E-state index is -0.267. The van der Waals surface area contributed by atoms with E-state index in [0.29, 0.717) is 26.9 Å². The molecule has 0 aliphatic rings. The van der Waals surface area contributed by atoms with Gasteiger partial charge in [-0.25, -0.2) is 0 Å². The minimum Gasteiger partial charge on any atom is -0.493 e. The van der Waals surface area contributed by atoms with Crippen LogP contribution >= 0.6 is 23.2 Å². The summed E-state index contributed by atoms with van der Waals surface area (Å²) in [6, 6.07) is 12.3. The molecule has 6 nitrogen and oxygen atoms in total. The largest absolute Gasteiger partial charge is 0.493 e. The van der Waals surface area contributed by atoms with E-state index in [1.807, 2.05) is 6.07 Å². The predicted molar refractivity (Wildman–Crippen MR) is 117 cm³/mol. The van der Waals surface area contributed by atoms with Crippen LogP contribution in [0.1, 0.15) is 27.0 Å². The SMILES string of the molecule is COc1ccc(C(=O)Cc2c(Cl)cncc2Cl)c(OCc2cccc(C#N)c2)c1OC. The molecule has 0 atom stereocenters. The molecule has 0 bridgehead atoms. The fourth-order valence-electron chi connectivity index (χ4n) is 3.01. The summed E-state index contributed by atoms with van der Waals surface area (Å²) in [5.74, 6) is 0.670. The molecule has 0 saturated heterocycles. The third-order valence-corrected chi connectivity index (χ3v) is 5.18. The number of benzene rings is 2. The number of Topliss-reactive ketones (excluding diaryl/α,β-unsaturated/α-hetero) is 1. The quantitative estimate of drug-likeness (QED) is 0.428. The van der Waals surface area contributed by atoms with Gasteiger partial charge in [-0.2, -0.15) is 5.26 Å². The van der Waals surface area contributed by atoms with Crippen LogP contribution in [0.5, 0.6) is 17.2 Å². The lowest BCUT2D eigenvalue weighted by Gasteiger charge is -2.17. The highest BCUT2D eigenvalue weighted by Gasteiger charge is 2.23. The molecule has 0 spiro atoms. The molecule has 0 unspecified atom stereocenters. The number of aromatic nitrogens is 1. The van der Waals surface area contributed by atoms with Gasteiger partial charge in [-0.3, -0.25) is 9.78 Å². The van der Waals surface area contributed by atoms with E-state index in [4.69, 9.17) is 42.7 Å². The molecule has 3 rings (SSSR count). The Bertz CT molecular complexity index is 1140. The van der Waals surface area contributed by atoms with Crippen molar-refractivity contribution >= 4 is 29.0 Å². The maximum Gasteiger partial charge on any atom is 0.204 e. The van der Waals surface area contributed by atoms with E-state index in [2.05, 4.69) is 11.1 Å². The maximum atomic E-state index is 13.2. The first-order chi connectivity index (χ1) is 15.0. The Morgan fingerprint density at radius 1 is 1.06 bits per heavy atom. The first kappa shape index (κ1) is 22.4. The third kappa shape index (κ3) is 5.08. The second kappa shape index (κ2) is 10.2. The number of ether oxygens (including phenoxy) is 3. The minimum absolute atomic E-state index is 0.0457. The summed E-state index contributed by atoms with van der Waals surface area (Å²) in [5, 5.41) is 9.71. The van der Waals surface area contributed by atoms with Crippen molar-refractivity contribution < 1.29 is 19.0 Å². The number of methoxy groups -OCH3 is 2. The van der Waals surface area contributed by atoms with Crippen molar-refractivity contribution in [2.24, 2.45) is 0 Å².